The Labute approximate surface area is 173 Å². The number of hydrogen-bond donors (Lipinski definition) is 1. The van der Waals surface area contributed by atoms with E-state index in [1.165, 1.54) is 77.0 Å². The van der Waals surface area contributed by atoms with E-state index < -0.39 is 0 Å². The third-order valence-corrected chi connectivity index (χ3v) is 6.99. The first-order chi connectivity index (χ1) is 13.4. The molecule has 0 unspecified atom stereocenters. The molecule has 3 heteroatoms. The molecule has 1 N–H and O–H groups in total. The Kier molecular flexibility index (Phi) is 9.50. The number of carbonyl (C=O) groups is 2. The average molecular weight is 392 g/mol. The molecule has 0 aromatic rings. The standard InChI is InChI=1S/C25H45NO2/c1-4-5-6-7-8-9-10-11-12-13-14-15-16-17-22(27)26-25-18-24(19-25,20-25)23(28)21(2)3/h21H,4-20H2,1-3H3,(H,26,27). The predicted octanol–water partition coefficient (Wildman–Crippen LogP) is 6.73. The molecule has 0 atom stereocenters. The highest BCUT2D eigenvalue weighted by Gasteiger charge is 2.71. The van der Waals surface area contributed by atoms with Crippen molar-refractivity contribution in [3.05, 3.63) is 0 Å². The first kappa shape index (κ1) is 23.4. The van der Waals surface area contributed by atoms with Gasteiger partial charge in [-0.2, -0.15) is 0 Å². The summed E-state index contributed by atoms with van der Waals surface area (Å²) in [6.07, 6.45) is 20.6. The van der Waals surface area contributed by atoms with E-state index >= 15 is 0 Å². The summed E-state index contributed by atoms with van der Waals surface area (Å²) in [6.45, 7) is 6.25. The highest BCUT2D eigenvalue weighted by molar-refractivity contribution is 5.91. The molecule has 3 saturated carbocycles. The van der Waals surface area contributed by atoms with E-state index in [9.17, 15) is 9.59 Å². The zero-order valence-corrected chi connectivity index (χ0v) is 18.9. The molecule has 0 radical (unpaired) electrons. The molecule has 162 valence electrons. The van der Waals surface area contributed by atoms with Crippen molar-refractivity contribution < 1.29 is 9.59 Å². The minimum atomic E-state index is -0.0725. The smallest absolute Gasteiger partial charge is 0.220 e. The van der Waals surface area contributed by atoms with Crippen LogP contribution in [0.2, 0.25) is 0 Å². The van der Waals surface area contributed by atoms with Gasteiger partial charge >= 0.3 is 0 Å². The van der Waals surface area contributed by atoms with Gasteiger partial charge in [-0.1, -0.05) is 97.8 Å². The van der Waals surface area contributed by atoms with Crippen molar-refractivity contribution in [2.45, 2.75) is 135 Å². The second kappa shape index (κ2) is 11.4. The van der Waals surface area contributed by atoms with Crippen LogP contribution in [0.4, 0.5) is 0 Å². The molecule has 3 rings (SSSR count). The zero-order chi connectivity index (χ0) is 20.5. The minimum absolute atomic E-state index is 0.0157. The first-order valence-corrected chi connectivity index (χ1v) is 12.3. The number of nitrogens with one attached hydrogen (secondary N) is 1. The summed E-state index contributed by atoms with van der Waals surface area (Å²) in [4.78, 5) is 24.4. The van der Waals surface area contributed by atoms with Crippen molar-refractivity contribution in [2.75, 3.05) is 0 Å². The fourth-order valence-corrected chi connectivity index (χ4v) is 5.46. The van der Waals surface area contributed by atoms with Crippen LogP contribution in [0.3, 0.4) is 0 Å². The van der Waals surface area contributed by atoms with Gasteiger partial charge in [-0.25, -0.2) is 0 Å². The Hall–Kier alpha value is -0.860. The van der Waals surface area contributed by atoms with Crippen LogP contribution in [0.15, 0.2) is 0 Å². The number of carbonyl (C=O) groups excluding carboxylic acids is 2. The second-order valence-corrected chi connectivity index (χ2v) is 10.2. The molecule has 3 aliphatic rings. The maximum Gasteiger partial charge on any atom is 0.220 e. The molecule has 0 aromatic carbocycles. The number of amides is 1. The number of rotatable bonds is 17. The molecule has 1 amide bonds. The second-order valence-electron chi connectivity index (χ2n) is 10.2. The van der Waals surface area contributed by atoms with Gasteiger partial charge in [0.25, 0.3) is 0 Å². The number of unbranched alkanes of at least 4 members (excludes halogenated alkanes) is 12. The molecule has 0 saturated heterocycles. The Morgan fingerprint density at radius 2 is 1.18 bits per heavy atom. The van der Waals surface area contributed by atoms with Crippen molar-refractivity contribution >= 4 is 11.7 Å². The van der Waals surface area contributed by atoms with Crippen molar-refractivity contribution in [1.82, 2.24) is 5.32 Å². The third-order valence-electron chi connectivity index (χ3n) is 6.99. The molecule has 0 spiro atoms. The van der Waals surface area contributed by atoms with Gasteiger partial charge in [-0.15, -0.1) is 0 Å². The predicted molar refractivity (Wildman–Crippen MR) is 117 cm³/mol. The topological polar surface area (TPSA) is 46.2 Å². The Morgan fingerprint density at radius 1 is 0.750 bits per heavy atom. The third kappa shape index (κ3) is 6.59. The van der Waals surface area contributed by atoms with Gasteiger partial charge < -0.3 is 5.32 Å². The van der Waals surface area contributed by atoms with Crippen LogP contribution in [0.25, 0.3) is 0 Å². The van der Waals surface area contributed by atoms with E-state index in [-0.39, 0.29) is 22.8 Å². The van der Waals surface area contributed by atoms with Gasteiger partial charge in [-0.05, 0) is 25.7 Å². The van der Waals surface area contributed by atoms with Gasteiger partial charge in [0.05, 0.1) is 0 Å². The van der Waals surface area contributed by atoms with Gasteiger partial charge in [0.2, 0.25) is 5.91 Å². The molecule has 0 heterocycles. The largest absolute Gasteiger partial charge is 0.351 e. The van der Waals surface area contributed by atoms with Crippen LogP contribution in [-0.4, -0.2) is 17.2 Å². The SMILES string of the molecule is CCCCCCCCCCCCCCCC(=O)NC12CC(C(=O)C(C)C)(C1)C2. The van der Waals surface area contributed by atoms with E-state index in [1.807, 2.05) is 13.8 Å². The van der Waals surface area contributed by atoms with E-state index in [0.717, 1.165) is 25.7 Å². The van der Waals surface area contributed by atoms with E-state index in [1.54, 1.807) is 0 Å². The van der Waals surface area contributed by atoms with Gasteiger partial charge in [0, 0.05) is 23.3 Å². The lowest BCUT2D eigenvalue weighted by molar-refractivity contribution is -0.184. The van der Waals surface area contributed by atoms with Crippen LogP contribution >= 0.6 is 0 Å². The maximum atomic E-state index is 12.2. The highest BCUT2D eigenvalue weighted by atomic mass is 16.2. The number of hydrogen-bond acceptors (Lipinski definition) is 2. The summed E-state index contributed by atoms with van der Waals surface area (Å²) in [5, 5.41) is 3.23. The van der Waals surface area contributed by atoms with Crippen molar-refractivity contribution in [1.29, 1.82) is 0 Å². The molecular weight excluding hydrogens is 346 g/mol. The molecule has 3 nitrogen and oxygen atoms in total. The maximum absolute atomic E-state index is 12.2. The minimum Gasteiger partial charge on any atom is -0.351 e. The fraction of sp³-hybridized carbons (Fsp3) is 0.920. The van der Waals surface area contributed by atoms with Gasteiger partial charge in [0.15, 0.2) is 0 Å². The van der Waals surface area contributed by atoms with Crippen LogP contribution in [0.1, 0.15) is 130 Å². The van der Waals surface area contributed by atoms with Crippen LogP contribution in [-0.2, 0) is 9.59 Å². The lowest BCUT2D eigenvalue weighted by Crippen LogP contribution is -2.77. The Bertz CT molecular complexity index is 477. The van der Waals surface area contributed by atoms with Crippen LogP contribution in [0.5, 0.6) is 0 Å². The lowest BCUT2D eigenvalue weighted by Gasteiger charge is -2.70. The lowest BCUT2D eigenvalue weighted by atomic mass is 9.37. The van der Waals surface area contributed by atoms with Crippen LogP contribution < -0.4 is 5.32 Å². The van der Waals surface area contributed by atoms with E-state index in [4.69, 9.17) is 0 Å². The van der Waals surface area contributed by atoms with Gasteiger partial charge in [0.1, 0.15) is 5.78 Å². The molecule has 0 aromatic heterocycles. The van der Waals surface area contributed by atoms with E-state index in [2.05, 4.69) is 12.2 Å². The van der Waals surface area contributed by atoms with Gasteiger partial charge in [-0.3, -0.25) is 9.59 Å². The number of ketones is 1. The molecule has 0 aliphatic heterocycles. The summed E-state index contributed by atoms with van der Waals surface area (Å²) in [7, 11) is 0. The summed E-state index contributed by atoms with van der Waals surface area (Å²) in [6, 6.07) is 0. The fourth-order valence-electron chi connectivity index (χ4n) is 5.46. The number of Topliss-reactive ketones (excluding diaryl/α,β-unsaturated/α-hetero) is 1. The monoisotopic (exact) mass is 391 g/mol. The first-order valence-electron chi connectivity index (χ1n) is 12.3. The van der Waals surface area contributed by atoms with Crippen molar-refractivity contribution in [3.63, 3.8) is 0 Å². The molecular formula is C25H45NO2. The Balaban J connectivity index is 1.37. The highest BCUT2D eigenvalue weighted by Crippen LogP contribution is 2.68. The van der Waals surface area contributed by atoms with E-state index in [0.29, 0.717) is 12.2 Å². The summed E-state index contributed by atoms with van der Waals surface area (Å²) in [5.41, 5.74) is -0.0882. The normalized spacial score (nSPS) is 25.3. The zero-order valence-electron chi connectivity index (χ0n) is 18.9. The molecule has 2 bridgehead atoms. The molecule has 3 aliphatic carbocycles. The quantitative estimate of drug-likeness (QED) is 0.279. The summed E-state index contributed by atoms with van der Waals surface area (Å²) < 4.78 is 0. The molecule has 3 fully saturated rings. The Morgan fingerprint density at radius 3 is 1.61 bits per heavy atom. The summed E-state index contributed by atoms with van der Waals surface area (Å²) >= 11 is 0. The van der Waals surface area contributed by atoms with Crippen molar-refractivity contribution in [3.8, 4) is 0 Å². The van der Waals surface area contributed by atoms with Crippen LogP contribution in [0, 0.1) is 11.3 Å². The summed E-state index contributed by atoms with van der Waals surface area (Å²) in [5.74, 6) is 0.730. The average Bonchev–Trinajstić information content (AvgIpc) is 2.60. The molecule has 28 heavy (non-hydrogen) atoms. The van der Waals surface area contributed by atoms with Crippen molar-refractivity contribution in [2.24, 2.45) is 11.3 Å².